The van der Waals surface area contributed by atoms with Crippen LogP contribution in [0.2, 0.25) is 5.02 Å². The van der Waals surface area contributed by atoms with E-state index in [4.69, 9.17) is 30.8 Å². The van der Waals surface area contributed by atoms with Gasteiger partial charge in [0.2, 0.25) is 11.8 Å². The monoisotopic (exact) mass is 636 g/mol. The zero-order valence-electron chi connectivity index (χ0n) is 25.3. The van der Waals surface area contributed by atoms with Crippen molar-refractivity contribution in [3.8, 4) is 5.88 Å². The number of carbonyl (C=O) groups excluding carboxylic acids is 2. The molecule has 3 heterocycles. The maximum atomic E-state index is 14.2. The van der Waals surface area contributed by atoms with E-state index in [1.165, 1.54) is 13.2 Å². The summed E-state index contributed by atoms with van der Waals surface area (Å²) in [7, 11) is 1.35. The first-order chi connectivity index (χ1) is 21.9. The second kappa shape index (κ2) is 14.1. The van der Waals surface area contributed by atoms with Crippen LogP contribution in [-0.2, 0) is 20.9 Å². The number of ether oxygens (including phenoxy) is 3. The third-order valence-corrected chi connectivity index (χ3v) is 9.06. The van der Waals surface area contributed by atoms with Gasteiger partial charge in [-0.15, -0.1) is 0 Å². The molecule has 0 spiro atoms. The van der Waals surface area contributed by atoms with Gasteiger partial charge in [0.15, 0.2) is 0 Å². The van der Waals surface area contributed by atoms with Crippen LogP contribution in [0, 0.1) is 11.7 Å². The van der Waals surface area contributed by atoms with Crippen molar-refractivity contribution in [2.24, 2.45) is 5.92 Å². The normalized spacial score (nSPS) is 19.3. The molecular weight excluding hydrogens is 599 g/mol. The van der Waals surface area contributed by atoms with E-state index in [2.05, 4.69) is 15.5 Å². The van der Waals surface area contributed by atoms with E-state index >= 15 is 0 Å². The Hall–Kier alpha value is -3.73. The molecule has 2 atom stereocenters. The van der Waals surface area contributed by atoms with Gasteiger partial charge in [0.1, 0.15) is 12.4 Å². The van der Waals surface area contributed by atoms with Gasteiger partial charge in [0.05, 0.1) is 36.2 Å². The molecule has 2 saturated heterocycles. The van der Waals surface area contributed by atoms with E-state index in [0.29, 0.717) is 45.9 Å². The van der Waals surface area contributed by atoms with Crippen LogP contribution < -0.4 is 15.4 Å². The fourth-order valence-electron chi connectivity index (χ4n) is 6.01. The Morgan fingerprint density at radius 1 is 1.07 bits per heavy atom. The topological polar surface area (TPSA) is 102 Å². The van der Waals surface area contributed by atoms with E-state index in [0.717, 1.165) is 57.5 Å². The number of benzene rings is 2. The van der Waals surface area contributed by atoms with Crippen molar-refractivity contribution in [2.45, 2.75) is 56.8 Å². The van der Waals surface area contributed by atoms with E-state index in [-0.39, 0.29) is 30.6 Å². The van der Waals surface area contributed by atoms with Gasteiger partial charge in [-0.05, 0) is 87.5 Å². The van der Waals surface area contributed by atoms with E-state index in [9.17, 15) is 14.0 Å². The smallest absolute Gasteiger partial charge is 0.337 e. The van der Waals surface area contributed by atoms with Crippen LogP contribution in [0.1, 0.15) is 59.6 Å². The van der Waals surface area contributed by atoms with Crippen LogP contribution in [0.4, 0.5) is 15.8 Å². The van der Waals surface area contributed by atoms with Gasteiger partial charge in [0.25, 0.3) is 0 Å². The first-order valence-electron chi connectivity index (χ1n) is 15.5. The molecule has 9 nitrogen and oxygen atoms in total. The minimum absolute atomic E-state index is 0.0346. The maximum absolute atomic E-state index is 14.2. The summed E-state index contributed by atoms with van der Waals surface area (Å²) in [6, 6.07) is 15.1. The van der Waals surface area contributed by atoms with Crippen LogP contribution in [0.3, 0.4) is 0 Å². The van der Waals surface area contributed by atoms with Crippen molar-refractivity contribution in [1.29, 1.82) is 0 Å². The molecule has 0 radical (unpaired) electrons. The maximum Gasteiger partial charge on any atom is 0.337 e. The number of nitrogens with one attached hydrogen (secondary N) is 2. The van der Waals surface area contributed by atoms with E-state index < -0.39 is 11.8 Å². The largest absolute Gasteiger partial charge is 0.473 e. The van der Waals surface area contributed by atoms with Gasteiger partial charge >= 0.3 is 5.97 Å². The molecule has 1 aliphatic carbocycles. The highest BCUT2D eigenvalue weighted by atomic mass is 35.5. The molecule has 1 amide bonds. The number of methoxy groups -OCH3 is 1. The molecule has 2 aromatic carbocycles. The molecule has 6 rings (SSSR count). The number of nitrogens with zero attached hydrogens (tertiary/aromatic N) is 2. The Morgan fingerprint density at radius 3 is 2.56 bits per heavy atom. The van der Waals surface area contributed by atoms with Crippen molar-refractivity contribution in [3.63, 3.8) is 0 Å². The number of pyridine rings is 1. The number of amides is 1. The lowest BCUT2D eigenvalue weighted by Crippen LogP contribution is -2.49. The summed E-state index contributed by atoms with van der Waals surface area (Å²) in [5, 5.41) is 6.85. The number of rotatable bonds is 12. The number of esters is 1. The third-order valence-electron chi connectivity index (χ3n) is 8.83. The molecule has 3 fully saturated rings. The molecular formula is C34H38ClFN4O5. The van der Waals surface area contributed by atoms with Crippen LogP contribution in [0.5, 0.6) is 5.88 Å². The van der Waals surface area contributed by atoms with Crippen LogP contribution in [0.25, 0.3) is 0 Å². The molecule has 2 aliphatic heterocycles. The van der Waals surface area contributed by atoms with Crippen molar-refractivity contribution in [2.75, 3.05) is 44.0 Å². The van der Waals surface area contributed by atoms with Crippen LogP contribution in [-0.4, -0.2) is 67.3 Å². The Morgan fingerprint density at radius 2 is 1.87 bits per heavy atom. The second-order valence-corrected chi connectivity index (χ2v) is 12.4. The summed E-state index contributed by atoms with van der Waals surface area (Å²) in [6.45, 7) is 2.94. The van der Waals surface area contributed by atoms with E-state index in [1.807, 2.05) is 12.1 Å². The number of carbonyl (C=O) groups is 2. The van der Waals surface area contributed by atoms with Gasteiger partial charge in [-0.2, -0.15) is 0 Å². The number of hydrogen-bond acceptors (Lipinski definition) is 8. The Bertz CT molecular complexity index is 1520. The highest BCUT2D eigenvalue weighted by Gasteiger charge is 2.41. The van der Waals surface area contributed by atoms with Crippen LogP contribution in [0.15, 0.2) is 54.6 Å². The molecule has 238 valence electrons. The average Bonchev–Trinajstić information content (AvgIpc) is 3.86. The Labute approximate surface area is 267 Å². The molecule has 1 saturated carbocycles. The Kier molecular flexibility index (Phi) is 9.82. The summed E-state index contributed by atoms with van der Waals surface area (Å²) in [4.78, 5) is 33.0. The van der Waals surface area contributed by atoms with E-state index in [1.54, 1.807) is 36.4 Å². The first kappa shape index (κ1) is 31.3. The second-order valence-electron chi connectivity index (χ2n) is 11.9. The van der Waals surface area contributed by atoms with Gasteiger partial charge in [-0.3, -0.25) is 9.69 Å². The third kappa shape index (κ3) is 7.74. The first-order valence-corrected chi connectivity index (χ1v) is 15.9. The van der Waals surface area contributed by atoms with Crippen molar-refractivity contribution in [1.82, 2.24) is 9.88 Å². The lowest BCUT2D eigenvalue weighted by molar-refractivity contribution is -0.122. The summed E-state index contributed by atoms with van der Waals surface area (Å²) in [6.07, 6.45) is 4.86. The van der Waals surface area contributed by atoms with Gasteiger partial charge in [-0.1, -0.05) is 23.7 Å². The molecule has 3 aliphatic rings. The summed E-state index contributed by atoms with van der Waals surface area (Å²) in [5.74, 6) is 0.124. The predicted octanol–water partition coefficient (Wildman–Crippen LogP) is 6.04. The SMILES string of the molecule is COC(=O)c1ccc(NC(=O)C(C2CC2)N2CCC(c3cccc(OCc4ccc(Cl)cc4F)n3)CC2)c(NCC2CCO2)c1. The van der Waals surface area contributed by atoms with Crippen molar-refractivity contribution < 1.29 is 28.2 Å². The zero-order chi connectivity index (χ0) is 31.3. The number of halogens is 2. The fraction of sp³-hybridized carbons (Fsp3) is 0.441. The molecule has 45 heavy (non-hydrogen) atoms. The molecule has 0 bridgehead atoms. The molecule has 11 heteroatoms. The number of aromatic nitrogens is 1. The number of hydrogen-bond donors (Lipinski definition) is 2. The van der Waals surface area contributed by atoms with Gasteiger partial charge < -0.3 is 24.8 Å². The quantitative estimate of drug-likeness (QED) is 0.232. The highest BCUT2D eigenvalue weighted by Crippen LogP contribution is 2.39. The van der Waals surface area contributed by atoms with Crippen molar-refractivity contribution in [3.05, 3.63) is 82.3 Å². The molecule has 1 aromatic heterocycles. The summed E-state index contributed by atoms with van der Waals surface area (Å²) < 4.78 is 30.4. The lowest BCUT2D eigenvalue weighted by Gasteiger charge is -2.37. The fourth-order valence-corrected chi connectivity index (χ4v) is 6.17. The average molecular weight is 637 g/mol. The minimum Gasteiger partial charge on any atom is -0.473 e. The Balaban J connectivity index is 1.08. The predicted molar refractivity (Wildman–Crippen MR) is 169 cm³/mol. The minimum atomic E-state index is -0.434. The standard InChI is InChI=1S/C34H38ClFN4O5/c1-43-34(42)23-8-10-29(30(17-23)37-19-26-13-16-44-26)39-33(41)32(22-5-6-22)40-14-11-21(12-15-40)28-3-2-4-31(38-28)45-20-24-7-9-25(35)18-27(24)36/h2-4,7-10,17-18,21-22,26,32,37H,5-6,11-16,19-20H2,1H3,(H,39,41). The van der Waals surface area contributed by atoms with Gasteiger partial charge in [-0.25, -0.2) is 14.2 Å². The molecule has 2 unspecified atom stereocenters. The zero-order valence-corrected chi connectivity index (χ0v) is 26.0. The lowest BCUT2D eigenvalue weighted by atomic mass is 9.91. The highest BCUT2D eigenvalue weighted by molar-refractivity contribution is 6.30. The van der Waals surface area contributed by atoms with Crippen LogP contribution >= 0.6 is 11.6 Å². The van der Waals surface area contributed by atoms with Crippen molar-refractivity contribution >= 4 is 34.9 Å². The summed E-state index contributed by atoms with van der Waals surface area (Å²) >= 11 is 5.86. The number of anilines is 2. The summed E-state index contributed by atoms with van der Waals surface area (Å²) in [5.41, 5.74) is 3.06. The number of piperidine rings is 1. The molecule has 3 aromatic rings. The number of likely N-dealkylation sites (tertiary alicyclic amines) is 1. The molecule has 2 N–H and O–H groups in total. The van der Waals surface area contributed by atoms with Gasteiger partial charge in [0, 0.05) is 41.4 Å².